The molecule has 0 aromatic carbocycles. The lowest BCUT2D eigenvalue weighted by Gasteiger charge is -2.32. The number of nitrogen functional groups attached to an aromatic ring is 1. The highest BCUT2D eigenvalue weighted by Gasteiger charge is 2.36. The molecular weight excluding hydrogens is 476 g/mol. The summed E-state index contributed by atoms with van der Waals surface area (Å²) >= 11 is 0. The molecule has 11 heteroatoms. The molecule has 0 spiro atoms. The summed E-state index contributed by atoms with van der Waals surface area (Å²) in [5, 5.41) is 9.92. The number of pyridine rings is 1. The fourth-order valence-corrected chi connectivity index (χ4v) is 4.61. The lowest BCUT2D eigenvalue weighted by atomic mass is 9.83. The van der Waals surface area contributed by atoms with E-state index in [-0.39, 0.29) is 37.1 Å². The molecule has 2 aromatic heterocycles. The van der Waals surface area contributed by atoms with Crippen LogP contribution >= 0.6 is 0 Å². The van der Waals surface area contributed by atoms with Crippen molar-refractivity contribution in [3.8, 4) is 0 Å². The predicted octanol–water partition coefficient (Wildman–Crippen LogP) is 2.56. The molecule has 2 heterocycles. The summed E-state index contributed by atoms with van der Waals surface area (Å²) in [6.45, 7) is 4.32. The average molecular weight is 515 g/mol. The summed E-state index contributed by atoms with van der Waals surface area (Å²) in [7, 11) is 0. The van der Waals surface area contributed by atoms with Crippen LogP contribution in [-0.4, -0.2) is 44.4 Å². The van der Waals surface area contributed by atoms with Gasteiger partial charge in [-0.1, -0.05) is 34.1 Å². The van der Waals surface area contributed by atoms with Crippen molar-refractivity contribution in [1.29, 1.82) is 0 Å². The highest BCUT2D eigenvalue weighted by atomic mass is 16.4. The average Bonchev–Trinajstić information content (AvgIpc) is 3.59. The van der Waals surface area contributed by atoms with E-state index in [0.717, 1.165) is 25.7 Å². The molecule has 2 fully saturated rings. The zero-order valence-electron chi connectivity index (χ0n) is 20.7. The minimum absolute atomic E-state index is 0. The number of anilines is 1. The van der Waals surface area contributed by atoms with Gasteiger partial charge in [0.1, 0.15) is 5.82 Å². The minimum Gasteiger partial charge on any atom is -0.384 e. The monoisotopic (exact) mass is 514 g/mol. The van der Waals surface area contributed by atoms with Crippen LogP contribution in [0.15, 0.2) is 27.5 Å². The Bertz CT molecular complexity index is 1150. The second-order valence-corrected chi connectivity index (χ2v) is 10.3. The van der Waals surface area contributed by atoms with Crippen molar-refractivity contribution in [2.24, 2.45) is 17.8 Å². The normalized spacial score (nSPS) is 20.1. The third-order valence-corrected chi connectivity index (χ3v) is 6.75. The number of rotatable bonds is 10. The van der Waals surface area contributed by atoms with E-state index in [0.29, 0.717) is 43.1 Å². The van der Waals surface area contributed by atoms with Gasteiger partial charge in [0.25, 0.3) is 11.8 Å². The highest BCUT2D eigenvalue weighted by molar-refractivity contribution is 5.99. The van der Waals surface area contributed by atoms with Gasteiger partial charge in [0.2, 0.25) is 11.7 Å². The Balaban J connectivity index is 0.00000380. The third-order valence-electron chi connectivity index (χ3n) is 6.75. The topological polar surface area (TPSA) is 162 Å². The zero-order valence-corrected chi connectivity index (χ0v) is 20.7. The molecule has 11 nitrogen and oxygen atoms in total. The van der Waals surface area contributed by atoms with E-state index < -0.39 is 23.5 Å². The van der Waals surface area contributed by atoms with Gasteiger partial charge in [-0.25, -0.2) is 9.78 Å². The highest BCUT2D eigenvalue weighted by Crippen LogP contribution is 2.30. The summed E-state index contributed by atoms with van der Waals surface area (Å²) in [4.78, 5) is 55.4. The number of carbonyl (C=O) groups is 3. The summed E-state index contributed by atoms with van der Waals surface area (Å²) in [5.74, 6) is -1.79. The first-order chi connectivity index (χ1) is 17.2. The maximum atomic E-state index is 13.4. The van der Waals surface area contributed by atoms with Crippen LogP contribution in [0.1, 0.15) is 87.3 Å². The van der Waals surface area contributed by atoms with Gasteiger partial charge in [0.15, 0.2) is 0 Å². The predicted molar refractivity (Wildman–Crippen MR) is 138 cm³/mol. The van der Waals surface area contributed by atoms with E-state index in [2.05, 4.69) is 20.7 Å². The van der Waals surface area contributed by atoms with Gasteiger partial charge in [0.05, 0.1) is 24.1 Å². The molecule has 2 aromatic rings. The quantitative estimate of drug-likeness (QED) is 0.407. The third kappa shape index (κ3) is 7.27. The van der Waals surface area contributed by atoms with Crippen molar-refractivity contribution in [1.82, 2.24) is 25.4 Å². The first-order valence-corrected chi connectivity index (χ1v) is 12.7. The fourth-order valence-electron chi connectivity index (χ4n) is 4.61. The molecule has 0 aliphatic heterocycles. The van der Waals surface area contributed by atoms with E-state index >= 15 is 0 Å². The number of hydrogen-bond acceptors (Lipinski definition) is 8. The molecule has 0 bridgehead atoms. The first kappa shape index (κ1) is 28.1. The molecule has 0 saturated heterocycles. The fraction of sp³-hybridized carbons (Fsp3) is 0.615. The summed E-state index contributed by atoms with van der Waals surface area (Å²) in [5.41, 5.74) is 5.96. The van der Waals surface area contributed by atoms with Crippen molar-refractivity contribution in [2.45, 2.75) is 84.8 Å². The second kappa shape index (κ2) is 12.2. The van der Waals surface area contributed by atoms with Gasteiger partial charge >= 0.3 is 5.76 Å². The number of nitrogens with zero attached hydrogens (tertiary/aromatic N) is 3. The van der Waals surface area contributed by atoms with Crippen molar-refractivity contribution < 1.29 is 18.8 Å². The maximum Gasteiger partial charge on any atom is 0.437 e. The second-order valence-electron chi connectivity index (χ2n) is 10.3. The maximum absolute atomic E-state index is 13.4. The van der Waals surface area contributed by atoms with Crippen LogP contribution in [0.4, 0.5) is 5.82 Å². The Morgan fingerprint density at radius 1 is 1.16 bits per heavy atom. The number of nitrogens with one attached hydrogen (secondary N) is 2. The molecule has 2 aliphatic rings. The molecule has 2 amide bonds. The van der Waals surface area contributed by atoms with E-state index in [4.69, 9.17) is 10.2 Å². The van der Waals surface area contributed by atoms with Crippen LogP contribution in [0.2, 0.25) is 0 Å². The molecule has 0 unspecified atom stereocenters. The molecular formula is C26H38N6O5. The van der Waals surface area contributed by atoms with Gasteiger partial charge in [0, 0.05) is 12.2 Å². The van der Waals surface area contributed by atoms with Crippen molar-refractivity contribution in [3.63, 3.8) is 0 Å². The van der Waals surface area contributed by atoms with Crippen LogP contribution in [-0.2, 0) is 11.3 Å². The van der Waals surface area contributed by atoms with E-state index in [1.165, 1.54) is 10.9 Å². The summed E-state index contributed by atoms with van der Waals surface area (Å²) in [6, 6.07) is 1.87. The van der Waals surface area contributed by atoms with E-state index in [9.17, 15) is 19.2 Å². The lowest BCUT2D eigenvalue weighted by Crippen LogP contribution is -2.52. The molecule has 0 radical (unpaired) electrons. The summed E-state index contributed by atoms with van der Waals surface area (Å²) < 4.78 is 6.34. The molecule has 4 N–H and O–H groups in total. The van der Waals surface area contributed by atoms with Crippen molar-refractivity contribution >= 4 is 23.4 Å². The lowest BCUT2D eigenvalue weighted by molar-refractivity contribution is -0.127. The minimum atomic E-state index is -0.885. The molecule has 37 heavy (non-hydrogen) atoms. The standard InChI is InChI=1S/C25H34N6O5.CH4/c1-14(2)11-19(21(32)24-30-31(25(35)36-24)13-15-7-8-15)29-23(34)17-5-3-4-6-18(17)28-22(33)16-9-10-20(26)27-12-16;/h9-10,12,14-15,17-19H,3-8,11,13H2,1-2H3,(H2,26,27)(H,28,33)(H,29,34);1H4/t17-,18+,19+;/m1./s1. The largest absolute Gasteiger partial charge is 0.437 e. The van der Waals surface area contributed by atoms with E-state index in [1.807, 2.05) is 13.8 Å². The van der Waals surface area contributed by atoms with Crippen LogP contribution in [0.5, 0.6) is 0 Å². The molecule has 2 aliphatic carbocycles. The van der Waals surface area contributed by atoms with Crippen molar-refractivity contribution in [2.75, 3.05) is 5.73 Å². The Morgan fingerprint density at radius 3 is 2.54 bits per heavy atom. The van der Waals surface area contributed by atoms with Gasteiger partial charge in [-0.15, -0.1) is 5.10 Å². The number of carbonyl (C=O) groups excluding carboxylic acids is 3. The molecule has 2 saturated carbocycles. The van der Waals surface area contributed by atoms with Crippen LogP contribution in [0.25, 0.3) is 0 Å². The van der Waals surface area contributed by atoms with Crippen molar-refractivity contribution in [3.05, 3.63) is 40.3 Å². The van der Waals surface area contributed by atoms with Gasteiger partial charge in [-0.05, 0) is 56.1 Å². The number of amides is 2. The molecule has 3 atom stereocenters. The van der Waals surface area contributed by atoms with E-state index in [1.54, 1.807) is 12.1 Å². The molecule has 202 valence electrons. The van der Waals surface area contributed by atoms with Crippen LogP contribution in [0.3, 0.4) is 0 Å². The Hall–Kier alpha value is -3.50. The van der Waals surface area contributed by atoms with Gasteiger partial charge < -0.3 is 20.8 Å². The van der Waals surface area contributed by atoms with Crippen LogP contribution < -0.4 is 22.1 Å². The zero-order chi connectivity index (χ0) is 25.8. The number of hydrogen-bond donors (Lipinski definition) is 3. The Labute approximate surface area is 216 Å². The Kier molecular flexibility index (Phi) is 9.23. The summed E-state index contributed by atoms with van der Waals surface area (Å²) in [6.07, 6.45) is 6.79. The van der Waals surface area contributed by atoms with Crippen LogP contribution in [0, 0.1) is 17.8 Å². The number of nitrogens with two attached hydrogens (primary N) is 1. The molecule has 4 rings (SSSR count). The smallest absolute Gasteiger partial charge is 0.384 e. The van der Waals surface area contributed by atoms with Gasteiger partial charge in [-0.2, -0.15) is 4.68 Å². The Morgan fingerprint density at radius 2 is 1.89 bits per heavy atom. The number of Topliss-reactive ketones (excluding diaryl/α,β-unsaturated/α-hetero) is 1. The van der Waals surface area contributed by atoms with Gasteiger partial charge in [-0.3, -0.25) is 14.4 Å². The SMILES string of the molecule is C.CC(C)C[C@H](NC(=O)[C@@H]1CCCC[C@@H]1NC(=O)c1ccc(N)nc1)C(=O)c1nn(CC2CC2)c(=O)o1. The number of ketones is 1. The number of aromatic nitrogens is 3. The first-order valence-electron chi connectivity index (χ1n) is 12.7.